The van der Waals surface area contributed by atoms with Crippen molar-refractivity contribution < 1.29 is 14.4 Å². The van der Waals surface area contributed by atoms with Crippen LogP contribution in [0.2, 0.25) is 0 Å². The maximum absolute atomic E-state index is 12.5. The van der Waals surface area contributed by atoms with Gasteiger partial charge in [0.1, 0.15) is 11.6 Å². The zero-order valence-electron chi connectivity index (χ0n) is 50.3. The first-order chi connectivity index (χ1) is 41.1. The van der Waals surface area contributed by atoms with Gasteiger partial charge < -0.3 is 45.3 Å². The van der Waals surface area contributed by atoms with Gasteiger partial charge >= 0.3 is 0 Å². The summed E-state index contributed by atoms with van der Waals surface area (Å²) < 4.78 is 0. The molecule has 12 rings (SSSR count). The van der Waals surface area contributed by atoms with Crippen LogP contribution >= 0.6 is 0 Å². The second kappa shape index (κ2) is 29.8. The minimum absolute atomic E-state index is 0.134. The van der Waals surface area contributed by atoms with E-state index in [1.165, 1.54) is 56.1 Å². The Kier molecular flexibility index (Phi) is 21.1. The average molecular weight is 1130 g/mol. The van der Waals surface area contributed by atoms with Gasteiger partial charge in [0, 0.05) is 151 Å². The molecule has 2 aromatic heterocycles. The highest BCUT2D eigenvalue weighted by molar-refractivity contribution is 5.80. The Labute approximate surface area is 500 Å². The first-order valence-electron chi connectivity index (χ1n) is 31.6. The lowest BCUT2D eigenvalue weighted by molar-refractivity contribution is -0.126. The van der Waals surface area contributed by atoms with Crippen LogP contribution in [-0.4, -0.2) is 126 Å². The van der Waals surface area contributed by atoms with Gasteiger partial charge in [-0.3, -0.25) is 14.4 Å². The molecule has 3 amide bonds. The number of anilines is 6. The van der Waals surface area contributed by atoms with Crippen molar-refractivity contribution in [2.45, 2.75) is 97.8 Å². The molecule has 0 radical (unpaired) electrons. The van der Waals surface area contributed by atoms with Gasteiger partial charge in [0.25, 0.3) is 0 Å². The average Bonchev–Trinajstić information content (AvgIpc) is 4.44. The molecule has 6 aromatic rings. The third-order valence-electron chi connectivity index (χ3n) is 18.1. The first-order valence-corrected chi connectivity index (χ1v) is 31.6. The summed E-state index contributed by atoms with van der Waals surface area (Å²) in [6.07, 6.45) is 15.7. The number of nitrogens with zero attached hydrogens (tertiary/aromatic N) is 8. The van der Waals surface area contributed by atoms with Crippen molar-refractivity contribution >= 4 is 52.1 Å². The molecule has 0 spiro atoms. The lowest BCUT2D eigenvalue weighted by Crippen LogP contribution is -2.41. The third kappa shape index (κ3) is 16.2. The van der Waals surface area contributed by atoms with E-state index in [2.05, 4.69) is 197 Å². The standard InChI is InChI=1S/C24H31N3O.2C23H30N4O/c1-19-7-9-22(10-8-19)26-16-12-21(13-17-26)24(28)25-14-4-15-27-18-11-20-5-2-3-6-23(20)27;2*1-18-7-8-22(25-17-18)27-15-10-20(11-16-27)23(28)24-12-4-13-26-14-9-19-5-2-3-6-21(19)26/h2-3,5-10,21H,4,11-18H2,1H3,(H,25,28);2*2-3,5-8,17,20H,4,9-16H2,1H3,(H,24,28). The van der Waals surface area contributed by atoms with Gasteiger partial charge in [0.15, 0.2) is 0 Å². The highest BCUT2D eigenvalue weighted by atomic mass is 16.2. The van der Waals surface area contributed by atoms with Crippen molar-refractivity contribution in [3.05, 3.63) is 167 Å². The van der Waals surface area contributed by atoms with Gasteiger partial charge in [0.2, 0.25) is 17.7 Å². The Morgan fingerprint density at radius 1 is 0.393 bits per heavy atom. The van der Waals surface area contributed by atoms with Crippen molar-refractivity contribution in [1.82, 2.24) is 25.9 Å². The molecular weight excluding hydrogens is 1040 g/mol. The molecule has 0 bridgehead atoms. The zero-order valence-corrected chi connectivity index (χ0v) is 50.3. The number of nitrogens with one attached hydrogen (secondary N) is 3. The molecule has 84 heavy (non-hydrogen) atoms. The molecule has 0 atom stereocenters. The number of hydrogen-bond donors (Lipinski definition) is 3. The molecular formula is C70H91N11O3. The van der Waals surface area contributed by atoms with Gasteiger partial charge in [-0.05, 0) is 168 Å². The SMILES string of the molecule is Cc1ccc(N2CCC(C(=O)NCCCN3CCc4ccccc43)CC2)cc1.Cc1ccc(N2CCC(C(=O)NCCCN3CCc4ccccc43)CC2)nc1.Cc1ccc(N2CCC(C(=O)NCCCN3CCc4ccccc43)CC2)nc1. The van der Waals surface area contributed by atoms with Gasteiger partial charge in [-0.2, -0.15) is 0 Å². The number of para-hydroxylation sites is 3. The van der Waals surface area contributed by atoms with Gasteiger partial charge in [-0.1, -0.05) is 84.4 Å². The predicted octanol–water partition coefficient (Wildman–Crippen LogP) is 10.1. The van der Waals surface area contributed by atoms with Crippen LogP contribution < -0.4 is 45.3 Å². The van der Waals surface area contributed by atoms with E-state index >= 15 is 0 Å². The number of aromatic nitrogens is 2. The Morgan fingerprint density at radius 3 is 1.05 bits per heavy atom. The summed E-state index contributed by atoms with van der Waals surface area (Å²) in [7, 11) is 0. The summed E-state index contributed by atoms with van der Waals surface area (Å²) in [6, 6.07) is 43.0. The Bertz CT molecular complexity index is 2710. The second-order valence-electron chi connectivity index (χ2n) is 24.0. The van der Waals surface area contributed by atoms with Crippen molar-refractivity contribution in [3.63, 3.8) is 0 Å². The summed E-state index contributed by atoms with van der Waals surface area (Å²) in [6.45, 7) is 20.4. The number of piperidine rings is 3. The molecule has 0 unspecified atom stereocenters. The number of fused-ring (bicyclic) bond motifs is 3. The van der Waals surface area contributed by atoms with Crippen LogP contribution in [0.5, 0.6) is 0 Å². The van der Waals surface area contributed by atoms with Gasteiger partial charge in [-0.15, -0.1) is 0 Å². The quantitative estimate of drug-likeness (QED) is 0.0711. The molecule has 0 saturated carbocycles. The maximum Gasteiger partial charge on any atom is 0.223 e. The second-order valence-corrected chi connectivity index (χ2v) is 24.0. The molecule has 0 aliphatic carbocycles. The normalized spacial score (nSPS) is 16.9. The number of pyridine rings is 2. The van der Waals surface area contributed by atoms with E-state index in [1.807, 2.05) is 12.4 Å². The van der Waals surface area contributed by atoms with Crippen LogP contribution in [0.1, 0.15) is 91.2 Å². The lowest BCUT2D eigenvalue weighted by atomic mass is 9.95. The Hall–Kier alpha value is -7.61. The largest absolute Gasteiger partial charge is 0.371 e. The molecule has 4 aromatic carbocycles. The van der Waals surface area contributed by atoms with Crippen molar-refractivity contribution in [2.24, 2.45) is 17.8 Å². The fourth-order valence-electron chi connectivity index (χ4n) is 13.0. The minimum Gasteiger partial charge on any atom is -0.371 e. The number of carbonyl (C=O) groups excluding carboxylic acids is 3. The molecule has 444 valence electrons. The zero-order chi connectivity index (χ0) is 58.0. The number of aryl methyl sites for hydroxylation is 3. The third-order valence-corrected chi connectivity index (χ3v) is 18.1. The lowest BCUT2D eigenvalue weighted by Gasteiger charge is -2.33. The van der Waals surface area contributed by atoms with E-state index in [0.29, 0.717) is 0 Å². The van der Waals surface area contributed by atoms with Crippen molar-refractivity contribution in [1.29, 1.82) is 0 Å². The summed E-state index contributed by atoms with van der Waals surface area (Å²) in [5.74, 6) is 3.16. The van der Waals surface area contributed by atoms with E-state index in [-0.39, 0.29) is 35.5 Å². The molecule has 14 nitrogen and oxygen atoms in total. The maximum atomic E-state index is 12.5. The number of amides is 3. The minimum atomic E-state index is 0.134. The molecule has 8 heterocycles. The summed E-state index contributed by atoms with van der Waals surface area (Å²) in [5.41, 5.74) is 13.4. The van der Waals surface area contributed by atoms with Gasteiger partial charge in [-0.25, -0.2) is 9.97 Å². The molecule has 14 heteroatoms. The van der Waals surface area contributed by atoms with Crippen LogP contribution in [0.4, 0.5) is 34.4 Å². The Balaban J connectivity index is 0.000000140. The van der Waals surface area contributed by atoms with Gasteiger partial charge in [0.05, 0.1) is 0 Å². The summed E-state index contributed by atoms with van der Waals surface area (Å²) in [4.78, 5) is 60.9. The number of carbonyl (C=O) groups is 3. The van der Waals surface area contributed by atoms with Crippen LogP contribution in [-0.2, 0) is 33.6 Å². The van der Waals surface area contributed by atoms with Crippen LogP contribution in [0.15, 0.2) is 134 Å². The van der Waals surface area contributed by atoms with E-state index in [9.17, 15) is 14.4 Å². The van der Waals surface area contributed by atoms with Crippen LogP contribution in [0.3, 0.4) is 0 Å². The fourth-order valence-corrected chi connectivity index (χ4v) is 13.0. The fraction of sp³-hybridized carbons (Fsp3) is 0.471. The molecule has 6 aliphatic heterocycles. The van der Waals surface area contributed by atoms with Crippen molar-refractivity contribution in [3.8, 4) is 0 Å². The summed E-state index contributed by atoms with van der Waals surface area (Å²) in [5, 5.41) is 9.50. The molecule has 3 fully saturated rings. The number of hydrogen-bond acceptors (Lipinski definition) is 11. The molecule has 3 N–H and O–H groups in total. The highest BCUT2D eigenvalue weighted by Crippen LogP contribution is 2.31. The topological polar surface area (TPSA) is 133 Å². The van der Waals surface area contributed by atoms with Crippen LogP contribution in [0.25, 0.3) is 0 Å². The van der Waals surface area contributed by atoms with E-state index in [1.54, 1.807) is 0 Å². The smallest absolute Gasteiger partial charge is 0.223 e. The molecule has 3 saturated heterocycles. The summed E-state index contributed by atoms with van der Waals surface area (Å²) >= 11 is 0. The van der Waals surface area contributed by atoms with Crippen LogP contribution in [0, 0.1) is 38.5 Å². The number of benzene rings is 4. The molecule has 6 aliphatic rings. The number of rotatable bonds is 18. The monoisotopic (exact) mass is 1130 g/mol. The first kappa shape index (κ1) is 59.5. The van der Waals surface area contributed by atoms with Crippen molar-refractivity contribution in [2.75, 3.05) is 128 Å². The predicted molar refractivity (Wildman–Crippen MR) is 344 cm³/mol. The van der Waals surface area contributed by atoms with E-state index < -0.39 is 0 Å². The Morgan fingerprint density at radius 2 is 0.714 bits per heavy atom. The van der Waals surface area contributed by atoms with E-state index in [0.717, 1.165) is 187 Å². The van der Waals surface area contributed by atoms with E-state index in [4.69, 9.17) is 0 Å². The highest BCUT2D eigenvalue weighted by Gasteiger charge is 2.29.